The van der Waals surface area contributed by atoms with Crippen LogP contribution >= 0.6 is 0 Å². The number of hydrogen-bond donors (Lipinski definition) is 0. The molecule has 1 aliphatic rings. The molecule has 0 radical (unpaired) electrons. The van der Waals surface area contributed by atoms with Gasteiger partial charge in [0.25, 0.3) is 0 Å². The quantitative estimate of drug-likeness (QED) is 0.747. The van der Waals surface area contributed by atoms with E-state index in [0.29, 0.717) is 0 Å². The largest absolute Gasteiger partial charge is 0.298 e. The summed E-state index contributed by atoms with van der Waals surface area (Å²) in [5.74, 6) is 0. The highest BCUT2D eigenvalue weighted by atomic mass is 15.1. The molecule has 2 rings (SSSR count). The third-order valence-corrected chi connectivity index (χ3v) is 3.96. The maximum absolute atomic E-state index is 2.59. The zero-order chi connectivity index (χ0) is 14.2. The van der Waals surface area contributed by atoms with Crippen molar-refractivity contribution < 1.29 is 0 Å². The number of benzene rings is 1. The van der Waals surface area contributed by atoms with Gasteiger partial charge >= 0.3 is 0 Å². The molecule has 108 valence electrons. The molecule has 0 atom stereocenters. The first kappa shape index (κ1) is 15.1. The van der Waals surface area contributed by atoms with Crippen molar-refractivity contribution in [3.8, 4) is 0 Å². The van der Waals surface area contributed by atoms with E-state index in [0.717, 1.165) is 19.4 Å². The number of nitrogens with zero attached hydrogens (tertiary/aromatic N) is 1. The molecule has 1 aromatic rings. The molecule has 0 N–H and O–H groups in total. The van der Waals surface area contributed by atoms with Crippen LogP contribution in [0, 0.1) is 0 Å². The van der Waals surface area contributed by atoms with Crippen LogP contribution in [0.2, 0.25) is 0 Å². The van der Waals surface area contributed by atoms with Crippen LogP contribution in [0.5, 0.6) is 0 Å². The normalized spacial score (nSPS) is 21.3. The number of rotatable bonds is 4. The van der Waals surface area contributed by atoms with Crippen molar-refractivity contribution in [1.29, 1.82) is 0 Å². The Labute approximate surface area is 124 Å². The van der Waals surface area contributed by atoms with Gasteiger partial charge in [0.2, 0.25) is 0 Å². The van der Waals surface area contributed by atoms with Gasteiger partial charge in [-0.15, -0.1) is 0 Å². The Hall–Kier alpha value is -1.34. The Bertz CT molecular complexity index is 432. The summed E-state index contributed by atoms with van der Waals surface area (Å²) < 4.78 is 0. The summed E-state index contributed by atoms with van der Waals surface area (Å²) in [5.41, 5.74) is 4.60. The van der Waals surface area contributed by atoms with Gasteiger partial charge in [-0.3, -0.25) is 4.90 Å². The van der Waals surface area contributed by atoms with Gasteiger partial charge in [0.1, 0.15) is 0 Å². The maximum Gasteiger partial charge on any atom is 0.0233 e. The first-order valence-corrected chi connectivity index (χ1v) is 7.98. The third kappa shape index (κ3) is 4.35. The summed E-state index contributed by atoms with van der Waals surface area (Å²) in [7, 11) is 0. The van der Waals surface area contributed by atoms with Gasteiger partial charge in [-0.05, 0) is 42.4 Å². The first-order chi connectivity index (χ1) is 9.83. The fourth-order valence-electron chi connectivity index (χ4n) is 2.95. The summed E-state index contributed by atoms with van der Waals surface area (Å²) in [6, 6.07) is 10.8. The van der Waals surface area contributed by atoms with E-state index in [1.165, 1.54) is 31.5 Å². The molecule has 0 aliphatic carbocycles. The minimum absolute atomic E-state index is 1.08. The van der Waals surface area contributed by atoms with Crippen molar-refractivity contribution in [1.82, 2.24) is 4.90 Å². The van der Waals surface area contributed by atoms with E-state index in [9.17, 15) is 0 Å². The Balaban J connectivity index is 2.03. The van der Waals surface area contributed by atoms with E-state index in [2.05, 4.69) is 61.2 Å². The van der Waals surface area contributed by atoms with Gasteiger partial charge < -0.3 is 0 Å². The lowest BCUT2D eigenvalue weighted by Gasteiger charge is -2.19. The smallest absolute Gasteiger partial charge is 0.0233 e. The molecule has 1 nitrogen and oxygen atoms in total. The highest BCUT2D eigenvalue weighted by Crippen LogP contribution is 2.24. The lowest BCUT2D eigenvalue weighted by molar-refractivity contribution is 0.281. The zero-order valence-electron chi connectivity index (χ0n) is 12.9. The molecule has 1 aliphatic heterocycles. The van der Waals surface area contributed by atoms with Crippen LogP contribution in [0.1, 0.15) is 45.1 Å². The minimum atomic E-state index is 1.08. The molecule has 0 amide bonds. The molecular weight excluding hydrogens is 242 g/mol. The minimum Gasteiger partial charge on any atom is -0.298 e. The van der Waals surface area contributed by atoms with Gasteiger partial charge in [-0.1, -0.05) is 56.3 Å². The van der Waals surface area contributed by atoms with Crippen molar-refractivity contribution in [2.24, 2.45) is 0 Å². The van der Waals surface area contributed by atoms with Gasteiger partial charge in [0.05, 0.1) is 0 Å². The molecule has 1 fully saturated rings. The molecule has 20 heavy (non-hydrogen) atoms. The molecule has 0 unspecified atom stereocenters. The summed E-state index contributed by atoms with van der Waals surface area (Å²) in [4.78, 5) is 2.59. The molecule has 0 saturated carbocycles. The Morgan fingerprint density at radius 1 is 0.900 bits per heavy atom. The van der Waals surface area contributed by atoms with Crippen LogP contribution < -0.4 is 0 Å². The molecule has 1 heterocycles. The summed E-state index contributed by atoms with van der Waals surface area (Å²) in [5, 5.41) is 0. The second kappa shape index (κ2) is 8.06. The van der Waals surface area contributed by atoms with Gasteiger partial charge in [0, 0.05) is 19.6 Å². The van der Waals surface area contributed by atoms with E-state index in [1.807, 2.05) is 0 Å². The van der Waals surface area contributed by atoms with Crippen LogP contribution in [0.25, 0.3) is 0 Å². The van der Waals surface area contributed by atoms with Gasteiger partial charge in [0.15, 0.2) is 0 Å². The fraction of sp³-hybridized carbons (Fsp3) is 0.474. The average Bonchev–Trinajstić information content (AvgIpc) is 2.65. The number of hydrogen-bond acceptors (Lipinski definition) is 1. The summed E-state index contributed by atoms with van der Waals surface area (Å²) >= 11 is 0. The summed E-state index contributed by atoms with van der Waals surface area (Å²) in [6.07, 6.45) is 9.55. The molecule has 0 bridgehead atoms. The Kier molecular flexibility index (Phi) is 6.07. The topological polar surface area (TPSA) is 3.24 Å². The zero-order valence-corrected chi connectivity index (χ0v) is 12.9. The lowest BCUT2D eigenvalue weighted by Crippen LogP contribution is -2.23. The van der Waals surface area contributed by atoms with Crippen LogP contribution in [-0.2, 0) is 6.54 Å². The van der Waals surface area contributed by atoms with Crippen molar-refractivity contribution in [3.05, 3.63) is 59.2 Å². The van der Waals surface area contributed by atoms with Crippen LogP contribution in [0.3, 0.4) is 0 Å². The highest BCUT2D eigenvalue weighted by Gasteiger charge is 2.15. The van der Waals surface area contributed by atoms with E-state index in [1.54, 1.807) is 11.1 Å². The van der Waals surface area contributed by atoms with Crippen molar-refractivity contribution in [3.63, 3.8) is 0 Å². The Morgan fingerprint density at radius 3 is 1.95 bits per heavy atom. The second-order valence-corrected chi connectivity index (χ2v) is 5.54. The van der Waals surface area contributed by atoms with Crippen LogP contribution in [0.15, 0.2) is 53.6 Å². The summed E-state index contributed by atoms with van der Waals surface area (Å²) in [6.45, 7) is 7.93. The lowest BCUT2D eigenvalue weighted by atomic mass is 9.99. The first-order valence-electron chi connectivity index (χ1n) is 7.98. The average molecular weight is 269 g/mol. The predicted molar refractivity (Wildman–Crippen MR) is 87.7 cm³/mol. The predicted octanol–water partition coefficient (Wildman–Crippen LogP) is 4.96. The van der Waals surface area contributed by atoms with Gasteiger partial charge in [-0.25, -0.2) is 0 Å². The van der Waals surface area contributed by atoms with Crippen LogP contribution in [-0.4, -0.2) is 18.0 Å². The second-order valence-electron chi connectivity index (χ2n) is 5.54. The van der Waals surface area contributed by atoms with Crippen molar-refractivity contribution in [2.45, 2.75) is 46.1 Å². The Morgan fingerprint density at radius 2 is 1.45 bits per heavy atom. The molecule has 1 aromatic carbocycles. The van der Waals surface area contributed by atoms with E-state index < -0.39 is 0 Å². The fourth-order valence-corrected chi connectivity index (χ4v) is 2.95. The van der Waals surface area contributed by atoms with Crippen LogP contribution in [0.4, 0.5) is 0 Å². The maximum atomic E-state index is 2.59. The highest BCUT2D eigenvalue weighted by molar-refractivity contribution is 5.32. The van der Waals surface area contributed by atoms with Crippen molar-refractivity contribution in [2.75, 3.05) is 13.1 Å². The molecule has 1 heteroatoms. The van der Waals surface area contributed by atoms with E-state index >= 15 is 0 Å². The SMILES string of the molecule is CCC=C1CCN(Cc2ccccc2)CCC1=CCC. The third-order valence-electron chi connectivity index (χ3n) is 3.96. The molecule has 0 spiro atoms. The molecule has 1 saturated heterocycles. The van der Waals surface area contributed by atoms with Crippen molar-refractivity contribution >= 4 is 0 Å². The van der Waals surface area contributed by atoms with E-state index in [-0.39, 0.29) is 0 Å². The van der Waals surface area contributed by atoms with E-state index in [4.69, 9.17) is 0 Å². The number of likely N-dealkylation sites (tertiary alicyclic amines) is 1. The van der Waals surface area contributed by atoms with Gasteiger partial charge in [-0.2, -0.15) is 0 Å². The monoisotopic (exact) mass is 269 g/mol. The number of allylic oxidation sites excluding steroid dienone is 2. The molecular formula is C19H27N. The standard InChI is InChI=1S/C19H27N/c1-3-8-18-12-14-20(15-13-19(18)9-4-2)16-17-10-6-5-7-11-17/h5-11H,3-4,12-16H2,1-2H3. The molecule has 0 aromatic heterocycles.